The molecule has 2 aliphatic rings. The number of nitrogens with zero attached hydrogens (tertiary/aromatic N) is 2. The van der Waals surface area contributed by atoms with Gasteiger partial charge in [0.2, 0.25) is 11.8 Å². The standard InChI is InChI=1S/C21H33N3O3S/c1-15(27-14-17-6-4-3-5-7-17)19(23-16(2)25)21(26)24-11-8-18(9-12-24)20-22-10-13-28-20/h10,13,15,17-19H,3-9,11-12,14H2,1-2H3,(H,23,25)/t15-,19?/m1/s1. The van der Waals surface area contributed by atoms with Gasteiger partial charge in [0.25, 0.3) is 0 Å². The maximum absolute atomic E-state index is 13.1. The third-order valence-electron chi connectivity index (χ3n) is 6.02. The first kappa shape index (κ1) is 21.2. The van der Waals surface area contributed by atoms with Gasteiger partial charge < -0.3 is 15.0 Å². The molecule has 2 heterocycles. The van der Waals surface area contributed by atoms with Crippen molar-refractivity contribution >= 4 is 23.2 Å². The largest absolute Gasteiger partial charge is 0.376 e. The summed E-state index contributed by atoms with van der Waals surface area (Å²) in [7, 11) is 0. The van der Waals surface area contributed by atoms with Gasteiger partial charge in [-0.25, -0.2) is 4.98 Å². The van der Waals surface area contributed by atoms with Crippen LogP contribution in [0.25, 0.3) is 0 Å². The van der Waals surface area contributed by atoms with Gasteiger partial charge in [0, 0.05) is 44.1 Å². The van der Waals surface area contributed by atoms with Crippen molar-refractivity contribution in [3.8, 4) is 0 Å². The molecule has 1 N–H and O–H groups in total. The number of hydrogen-bond donors (Lipinski definition) is 1. The zero-order chi connectivity index (χ0) is 19.9. The number of hydrogen-bond acceptors (Lipinski definition) is 5. The lowest BCUT2D eigenvalue weighted by Crippen LogP contribution is -2.55. The van der Waals surface area contributed by atoms with Crippen LogP contribution in [0.2, 0.25) is 0 Å². The highest BCUT2D eigenvalue weighted by Crippen LogP contribution is 2.30. The molecule has 2 fully saturated rings. The third-order valence-corrected chi connectivity index (χ3v) is 6.96. The average molecular weight is 408 g/mol. The number of amides is 2. The van der Waals surface area contributed by atoms with Gasteiger partial charge in [0.05, 0.1) is 11.1 Å². The molecule has 1 saturated carbocycles. The van der Waals surface area contributed by atoms with Gasteiger partial charge in [0.1, 0.15) is 6.04 Å². The van der Waals surface area contributed by atoms with Crippen molar-refractivity contribution < 1.29 is 14.3 Å². The van der Waals surface area contributed by atoms with Gasteiger partial charge in [-0.15, -0.1) is 11.3 Å². The number of piperidine rings is 1. The highest BCUT2D eigenvalue weighted by molar-refractivity contribution is 7.09. The third kappa shape index (κ3) is 5.77. The summed E-state index contributed by atoms with van der Waals surface area (Å²) in [5.74, 6) is 0.801. The number of thiazole rings is 1. The van der Waals surface area contributed by atoms with Crippen molar-refractivity contribution in [3.05, 3.63) is 16.6 Å². The van der Waals surface area contributed by atoms with Crippen molar-refractivity contribution in [3.63, 3.8) is 0 Å². The van der Waals surface area contributed by atoms with Crippen LogP contribution in [0.4, 0.5) is 0 Å². The lowest BCUT2D eigenvalue weighted by atomic mass is 9.90. The molecule has 0 bridgehead atoms. The van der Waals surface area contributed by atoms with Crippen LogP contribution in [0, 0.1) is 5.92 Å². The summed E-state index contributed by atoms with van der Waals surface area (Å²) in [6, 6.07) is -0.613. The minimum atomic E-state index is -0.613. The summed E-state index contributed by atoms with van der Waals surface area (Å²) >= 11 is 1.69. The summed E-state index contributed by atoms with van der Waals surface area (Å²) in [4.78, 5) is 31.2. The molecule has 1 aromatic rings. The van der Waals surface area contributed by atoms with Crippen LogP contribution < -0.4 is 5.32 Å². The van der Waals surface area contributed by atoms with Crippen LogP contribution in [-0.2, 0) is 14.3 Å². The molecular weight excluding hydrogens is 374 g/mol. The summed E-state index contributed by atoms with van der Waals surface area (Å²) in [6.07, 6.45) is 9.62. The maximum Gasteiger partial charge on any atom is 0.247 e. The van der Waals surface area contributed by atoms with Gasteiger partial charge in [-0.1, -0.05) is 19.3 Å². The number of carbonyl (C=O) groups excluding carboxylic acids is 2. The van der Waals surface area contributed by atoms with Crippen molar-refractivity contribution in [2.24, 2.45) is 5.92 Å². The molecule has 1 aliphatic carbocycles. The molecule has 1 saturated heterocycles. The van der Waals surface area contributed by atoms with Gasteiger partial charge >= 0.3 is 0 Å². The van der Waals surface area contributed by atoms with Crippen LogP contribution >= 0.6 is 11.3 Å². The fourth-order valence-corrected chi connectivity index (χ4v) is 5.13. The van der Waals surface area contributed by atoms with Gasteiger partial charge in [-0.3, -0.25) is 9.59 Å². The minimum absolute atomic E-state index is 0.0241. The van der Waals surface area contributed by atoms with E-state index < -0.39 is 6.04 Å². The molecule has 28 heavy (non-hydrogen) atoms. The van der Waals surface area contributed by atoms with Crippen LogP contribution in [0.3, 0.4) is 0 Å². The molecule has 0 aromatic carbocycles. The first-order valence-electron chi connectivity index (χ1n) is 10.6. The molecule has 6 nitrogen and oxygen atoms in total. The van der Waals surface area contributed by atoms with Crippen LogP contribution in [0.15, 0.2) is 11.6 Å². The van der Waals surface area contributed by atoms with E-state index in [0.29, 0.717) is 31.5 Å². The van der Waals surface area contributed by atoms with Gasteiger partial charge in [-0.2, -0.15) is 0 Å². The lowest BCUT2D eigenvalue weighted by Gasteiger charge is -2.35. The summed E-state index contributed by atoms with van der Waals surface area (Å²) in [5.41, 5.74) is 0. The predicted molar refractivity (Wildman–Crippen MR) is 110 cm³/mol. The van der Waals surface area contributed by atoms with Crippen molar-refractivity contribution in [1.29, 1.82) is 0 Å². The zero-order valence-electron chi connectivity index (χ0n) is 17.1. The van der Waals surface area contributed by atoms with Crippen molar-refractivity contribution in [2.45, 2.75) is 76.9 Å². The SMILES string of the molecule is CC(=O)NC(C(=O)N1CCC(c2nccs2)CC1)[C@@H](C)OCC1CCCCC1. The highest BCUT2D eigenvalue weighted by Gasteiger charge is 2.34. The number of aromatic nitrogens is 1. The summed E-state index contributed by atoms with van der Waals surface area (Å²) in [6.45, 7) is 5.45. The fraction of sp³-hybridized carbons (Fsp3) is 0.762. The number of nitrogens with one attached hydrogen (secondary N) is 1. The zero-order valence-corrected chi connectivity index (χ0v) is 17.9. The average Bonchev–Trinajstić information content (AvgIpc) is 3.25. The molecule has 0 spiro atoms. The first-order chi connectivity index (χ1) is 13.5. The summed E-state index contributed by atoms with van der Waals surface area (Å²) < 4.78 is 6.07. The number of rotatable bonds is 7. The monoisotopic (exact) mass is 407 g/mol. The predicted octanol–water partition coefficient (Wildman–Crippen LogP) is 3.34. The van der Waals surface area contributed by atoms with E-state index >= 15 is 0 Å². The quantitative estimate of drug-likeness (QED) is 0.752. The Kier molecular flexibility index (Phi) is 7.85. The van der Waals surface area contributed by atoms with E-state index in [-0.39, 0.29) is 17.9 Å². The van der Waals surface area contributed by atoms with Crippen molar-refractivity contribution in [1.82, 2.24) is 15.2 Å². The molecule has 1 aromatic heterocycles. The Morgan fingerprint density at radius 3 is 2.57 bits per heavy atom. The molecular formula is C21H33N3O3S. The normalized spacial score (nSPS) is 21.3. The van der Waals surface area contributed by atoms with E-state index in [4.69, 9.17) is 4.74 Å². The smallest absolute Gasteiger partial charge is 0.247 e. The van der Waals surface area contributed by atoms with Crippen LogP contribution in [0.1, 0.15) is 69.7 Å². The minimum Gasteiger partial charge on any atom is -0.376 e. The van der Waals surface area contributed by atoms with E-state index in [1.807, 2.05) is 23.4 Å². The Hall–Kier alpha value is -1.47. The second-order valence-electron chi connectivity index (χ2n) is 8.19. The van der Waals surface area contributed by atoms with Crippen molar-refractivity contribution in [2.75, 3.05) is 19.7 Å². The molecule has 7 heteroatoms. The van der Waals surface area contributed by atoms with Crippen LogP contribution in [0.5, 0.6) is 0 Å². The molecule has 156 valence electrons. The number of carbonyl (C=O) groups is 2. The van der Waals surface area contributed by atoms with E-state index in [1.165, 1.54) is 39.0 Å². The number of likely N-dealkylation sites (tertiary alicyclic amines) is 1. The lowest BCUT2D eigenvalue weighted by molar-refractivity contribution is -0.141. The maximum atomic E-state index is 13.1. The van der Waals surface area contributed by atoms with Crippen LogP contribution in [-0.4, -0.2) is 53.5 Å². The van der Waals surface area contributed by atoms with E-state index in [1.54, 1.807) is 11.3 Å². The second kappa shape index (κ2) is 10.3. The Morgan fingerprint density at radius 1 is 1.25 bits per heavy atom. The summed E-state index contributed by atoms with van der Waals surface area (Å²) in [5, 5.41) is 6.00. The Balaban J connectivity index is 1.54. The van der Waals surface area contributed by atoms with E-state index in [0.717, 1.165) is 17.8 Å². The van der Waals surface area contributed by atoms with E-state index in [9.17, 15) is 9.59 Å². The molecule has 1 unspecified atom stereocenters. The number of ether oxygens (including phenoxy) is 1. The Morgan fingerprint density at radius 2 is 1.96 bits per heavy atom. The Labute approximate surface area is 172 Å². The molecule has 0 radical (unpaired) electrons. The first-order valence-corrected chi connectivity index (χ1v) is 11.5. The van der Waals surface area contributed by atoms with E-state index in [2.05, 4.69) is 10.3 Å². The molecule has 3 rings (SSSR count). The molecule has 2 atom stereocenters. The fourth-order valence-electron chi connectivity index (χ4n) is 4.32. The topological polar surface area (TPSA) is 71.5 Å². The molecule has 1 aliphatic heterocycles. The highest BCUT2D eigenvalue weighted by atomic mass is 32.1. The Bertz CT molecular complexity index is 623. The second-order valence-corrected chi connectivity index (χ2v) is 9.12. The molecule has 2 amide bonds. The van der Waals surface area contributed by atoms with Gasteiger partial charge in [0.15, 0.2) is 0 Å². The van der Waals surface area contributed by atoms with Gasteiger partial charge in [-0.05, 0) is 38.5 Å².